The van der Waals surface area contributed by atoms with Gasteiger partial charge in [0, 0.05) is 12.5 Å². The third-order valence-corrected chi connectivity index (χ3v) is 6.52. The van der Waals surface area contributed by atoms with Gasteiger partial charge in [-0.25, -0.2) is 13.6 Å². The van der Waals surface area contributed by atoms with Crippen LogP contribution in [-0.4, -0.2) is 59.6 Å². The predicted octanol–water partition coefficient (Wildman–Crippen LogP) is 4.04. The number of carboxylic acid groups (broad SMARTS) is 1. The second-order valence-electron chi connectivity index (χ2n) is 8.76. The monoisotopic (exact) mass is 484 g/mol. The normalized spacial score (nSPS) is 18.9. The SMILES string of the molecule is C=CCCC(NC(=O)OCC1c2ccccc2-c2ccccc21)C(=O)N1CC(C(=O)O)C(F)(F)C1. The smallest absolute Gasteiger partial charge is 0.407 e. The van der Waals surface area contributed by atoms with Crippen molar-refractivity contribution < 1.29 is 33.0 Å². The number of nitrogens with one attached hydrogen (secondary N) is 1. The number of fused-ring (bicyclic) bond motifs is 3. The molecule has 2 aliphatic rings. The first-order chi connectivity index (χ1) is 16.7. The minimum Gasteiger partial charge on any atom is -0.481 e. The number of benzene rings is 2. The summed E-state index contributed by atoms with van der Waals surface area (Å²) in [6.45, 7) is 1.98. The molecule has 184 valence electrons. The van der Waals surface area contributed by atoms with E-state index in [1.165, 1.54) is 0 Å². The molecule has 9 heteroatoms. The number of allylic oxidation sites excluding steroid dienone is 1. The van der Waals surface area contributed by atoms with Crippen molar-refractivity contribution in [3.05, 3.63) is 72.3 Å². The predicted molar refractivity (Wildman–Crippen MR) is 124 cm³/mol. The number of nitrogens with zero attached hydrogens (tertiary/aromatic N) is 1. The Morgan fingerprint density at radius 1 is 1.14 bits per heavy atom. The van der Waals surface area contributed by atoms with Crippen molar-refractivity contribution in [3.8, 4) is 11.1 Å². The summed E-state index contributed by atoms with van der Waals surface area (Å²) in [5, 5.41) is 11.5. The van der Waals surface area contributed by atoms with Gasteiger partial charge in [-0.1, -0.05) is 54.6 Å². The van der Waals surface area contributed by atoms with Gasteiger partial charge in [0.2, 0.25) is 5.91 Å². The molecule has 2 N–H and O–H groups in total. The van der Waals surface area contributed by atoms with Crippen molar-refractivity contribution in [3.63, 3.8) is 0 Å². The van der Waals surface area contributed by atoms with Gasteiger partial charge in [0.25, 0.3) is 5.92 Å². The number of hydrogen-bond donors (Lipinski definition) is 2. The number of hydrogen-bond acceptors (Lipinski definition) is 4. The van der Waals surface area contributed by atoms with Crippen molar-refractivity contribution in [2.75, 3.05) is 19.7 Å². The van der Waals surface area contributed by atoms with Crippen LogP contribution in [0, 0.1) is 5.92 Å². The Kier molecular flexibility index (Phi) is 6.86. The van der Waals surface area contributed by atoms with Gasteiger partial charge in [0.05, 0.1) is 6.54 Å². The summed E-state index contributed by atoms with van der Waals surface area (Å²) in [6.07, 6.45) is 1.15. The van der Waals surface area contributed by atoms with Crippen LogP contribution in [0.1, 0.15) is 29.9 Å². The van der Waals surface area contributed by atoms with Crippen molar-refractivity contribution in [2.24, 2.45) is 5.92 Å². The summed E-state index contributed by atoms with van der Waals surface area (Å²) in [5.41, 5.74) is 4.19. The third kappa shape index (κ3) is 4.89. The zero-order chi connectivity index (χ0) is 25.2. The molecule has 7 nitrogen and oxygen atoms in total. The highest BCUT2D eigenvalue weighted by molar-refractivity contribution is 5.87. The molecule has 1 fully saturated rings. The van der Waals surface area contributed by atoms with Crippen LogP contribution in [0.2, 0.25) is 0 Å². The fraction of sp³-hybridized carbons (Fsp3) is 0.346. The Bertz CT molecular complexity index is 1110. The number of alkyl halides is 2. The average molecular weight is 484 g/mol. The molecule has 2 aromatic carbocycles. The molecule has 0 radical (unpaired) electrons. The average Bonchev–Trinajstić information content (AvgIpc) is 3.34. The minimum absolute atomic E-state index is 0.0328. The molecule has 2 aromatic rings. The molecular weight excluding hydrogens is 458 g/mol. The molecule has 2 unspecified atom stereocenters. The van der Waals surface area contributed by atoms with E-state index in [9.17, 15) is 23.2 Å². The lowest BCUT2D eigenvalue weighted by molar-refractivity contribution is -0.151. The summed E-state index contributed by atoms with van der Waals surface area (Å²) < 4.78 is 33.6. The number of carbonyl (C=O) groups is 3. The number of halogens is 2. The van der Waals surface area contributed by atoms with Crippen molar-refractivity contribution in [2.45, 2.75) is 30.7 Å². The fourth-order valence-corrected chi connectivity index (χ4v) is 4.75. The number of carbonyl (C=O) groups excluding carboxylic acids is 2. The summed E-state index contributed by atoms with van der Waals surface area (Å²) >= 11 is 0. The molecule has 1 aliphatic carbocycles. The fourth-order valence-electron chi connectivity index (χ4n) is 4.75. The van der Waals surface area contributed by atoms with Crippen molar-refractivity contribution in [1.29, 1.82) is 0 Å². The van der Waals surface area contributed by atoms with E-state index in [4.69, 9.17) is 9.84 Å². The number of carboxylic acids is 1. The second kappa shape index (κ2) is 9.85. The molecule has 0 aromatic heterocycles. The summed E-state index contributed by atoms with van der Waals surface area (Å²) in [4.78, 5) is 37.5. The van der Waals surface area contributed by atoms with Gasteiger partial charge in [-0.3, -0.25) is 9.59 Å². The van der Waals surface area contributed by atoms with Crippen LogP contribution in [0.15, 0.2) is 61.2 Å². The second-order valence-corrected chi connectivity index (χ2v) is 8.76. The van der Waals surface area contributed by atoms with Gasteiger partial charge < -0.3 is 20.1 Å². The van der Waals surface area contributed by atoms with Crippen LogP contribution in [0.5, 0.6) is 0 Å². The topological polar surface area (TPSA) is 95.9 Å². The number of likely N-dealkylation sites (tertiary alicyclic amines) is 1. The summed E-state index contributed by atoms with van der Waals surface area (Å²) in [6, 6.07) is 14.5. The van der Waals surface area contributed by atoms with Gasteiger partial charge >= 0.3 is 12.1 Å². The molecule has 0 spiro atoms. The van der Waals surface area contributed by atoms with Gasteiger partial charge in [0.15, 0.2) is 0 Å². The highest BCUT2D eigenvalue weighted by atomic mass is 19.3. The van der Waals surface area contributed by atoms with Crippen LogP contribution in [0.25, 0.3) is 11.1 Å². The molecule has 0 saturated carbocycles. The van der Waals surface area contributed by atoms with E-state index in [1.807, 2.05) is 48.5 Å². The van der Waals surface area contributed by atoms with Gasteiger partial charge in [0.1, 0.15) is 18.6 Å². The Morgan fingerprint density at radius 2 is 1.74 bits per heavy atom. The third-order valence-electron chi connectivity index (χ3n) is 6.52. The zero-order valence-electron chi connectivity index (χ0n) is 19.0. The lowest BCUT2D eigenvalue weighted by Crippen LogP contribution is -2.48. The Balaban J connectivity index is 1.43. The maximum atomic E-state index is 14.1. The van der Waals surface area contributed by atoms with E-state index >= 15 is 0 Å². The van der Waals surface area contributed by atoms with E-state index in [0.717, 1.165) is 27.2 Å². The lowest BCUT2D eigenvalue weighted by atomic mass is 9.98. The molecule has 1 heterocycles. The van der Waals surface area contributed by atoms with Crippen molar-refractivity contribution in [1.82, 2.24) is 10.2 Å². The molecule has 1 aliphatic heterocycles. The number of amides is 2. The largest absolute Gasteiger partial charge is 0.481 e. The maximum Gasteiger partial charge on any atom is 0.407 e. The van der Waals surface area contributed by atoms with E-state index in [0.29, 0.717) is 6.42 Å². The van der Waals surface area contributed by atoms with Crippen LogP contribution in [0.4, 0.5) is 13.6 Å². The molecular formula is C26H26F2N2O5. The molecule has 2 amide bonds. The standard InChI is InChI=1S/C26H26F2N2O5/c1-2-3-12-22(23(31)30-13-21(24(32)33)26(27,28)15-30)29-25(34)35-14-20-18-10-6-4-8-16(18)17-9-5-7-11-19(17)20/h2,4-11,20-22H,1,3,12-15H2,(H,29,34)(H,32,33). The van der Waals surface area contributed by atoms with Crippen LogP contribution in [-0.2, 0) is 14.3 Å². The lowest BCUT2D eigenvalue weighted by Gasteiger charge is -2.24. The van der Waals surface area contributed by atoms with Crippen LogP contribution >= 0.6 is 0 Å². The maximum absolute atomic E-state index is 14.1. The van der Waals surface area contributed by atoms with Gasteiger partial charge in [-0.15, -0.1) is 6.58 Å². The number of rotatable bonds is 8. The Labute approximate surface area is 201 Å². The Morgan fingerprint density at radius 3 is 2.29 bits per heavy atom. The quantitative estimate of drug-likeness (QED) is 0.552. The van der Waals surface area contributed by atoms with E-state index < -0.39 is 48.9 Å². The van der Waals surface area contributed by atoms with Crippen LogP contribution in [0.3, 0.4) is 0 Å². The molecule has 4 rings (SSSR count). The minimum atomic E-state index is -3.55. The van der Waals surface area contributed by atoms with Gasteiger partial charge in [-0.2, -0.15) is 0 Å². The first-order valence-electron chi connectivity index (χ1n) is 11.3. The number of alkyl carbamates (subject to hydrolysis) is 1. The number of aliphatic carboxylic acids is 1. The molecule has 1 saturated heterocycles. The summed E-state index contributed by atoms with van der Waals surface area (Å²) in [7, 11) is 0. The molecule has 35 heavy (non-hydrogen) atoms. The van der Waals surface area contributed by atoms with Crippen molar-refractivity contribution >= 4 is 18.0 Å². The Hall–Kier alpha value is -3.75. The zero-order valence-corrected chi connectivity index (χ0v) is 19.0. The first-order valence-corrected chi connectivity index (χ1v) is 11.3. The van der Waals surface area contributed by atoms with E-state index in [-0.39, 0.29) is 18.9 Å². The molecule has 0 bridgehead atoms. The first kappa shape index (κ1) is 24.4. The molecule has 2 atom stereocenters. The highest BCUT2D eigenvalue weighted by Crippen LogP contribution is 2.44. The van der Waals surface area contributed by atoms with Gasteiger partial charge in [-0.05, 0) is 35.1 Å². The number of ether oxygens (including phenoxy) is 1. The summed E-state index contributed by atoms with van der Waals surface area (Å²) in [5.74, 6) is -8.15. The van der Waals surface area contributed by atoms with E-state index in [2.05, 4.69) is 11.9 Å². The van der Waals surface area contributed by atoms with Crippen LogP contribution < -0.4 is 5.32 Å². The highest BCUT2D eigenvalue weighted by Gasteiger charge is 2.54. The van der Waals surface area contributed by atoms with E-state index in [1.54, 1.807) is 6.08 Å².